The standard InChI is InChI=1S/C20H25ClN8O.HI/c1-2-22-20(29-11-8-15(9-12-29)18-24-13-25-27-18)23-10-7-17-26-19(28-30-17)14-3-5-16(21)6-4-14;/h3-6,13,15H,2,7-12H2,1H3,(H,22,23)(H,24,25,27);1H. The Morgan fingerprint density at radius 3 is 2.74 bits per heavy atom. The third-order valence-electron chi connectivity index (χ3n) is 5.11. The van der Waals surface area contributed by atoms with Crippen LogP contribution in [0.5, 0.6) is 0 Å². The highest BCUT2D eigenvalue weighted by molar-refractivity contribution is 14.0. The van der Waals surface area contributed by atoms with Crippen LogP contribution in [0, 0.1) is 0 Å². The molecule has 166 valence electrons. The molecule has 0 amide bonds. The van der Waals surface area contributed by atoms with Crippen molar-refractivity contribution in [2.45, 2.75) is 32.1 Å². The van der Waals surface area contributed by atoms with Gasteiger partial charge in [-0.05, 0) is 44.0 Å². The normalized spacial score (nSPS) is 15.0. The van der Waals surface area contributed by atoms with Crippen molar-refractivity contribution in [2.75, 3.05) is 26.2 Å². The molecule has 11 heteroatoms. The lowest BCUT2D eigenvalue weighted by atomic mass is 9.96. The molecular formula is C20H26ClIN8O. The SMILES string of the molecule is CCNC(=NCCc1nc(-c2ccc(Cl)cc2)no1)N1CCC(c2ncn[nH]2)CC1.I. The van der Waals surface area contributed by atoms with Crippen LogP contribution >= 0.6 is 35.6 Å². The Labute approximate surface area is 203 Å². The number of H-pyrrole nitrogens is 1. The van der Waals surface area contributed by atoms with Gasteiger partial charge < -0.3 is 14.7 Å². The van der Waals surface area contributed by atoms with Crippen molar-refractivity contribution in [1.29, 1.82) is 0 Å². The zero-order valence-electron chi connectivity index (χ0n) is 17.3. The number of halogens is 2. The fourth-order valence-corrected chi connectivity index (χ4v) is 3.66. The molecule has 3 aromatic rings. The fourth-order valence-electron chi connectivity index (χ4n) is 3.53. The molecule has 0 spiro atoms. The zero-order chi connectivity index (χ0) is 20.8. The number of likely N-dealkylation sites (tertiary alicyclic amines) is 1. The molecule has 2 N–H and O–H groups in total. The maximum Gasteiger partial charge on any atom is 0.228 e. The van der Waals surface area contributed by atoms with Crippen molar-refractivity contribution in [1.82, 2.24) is 35.5 Å². The number of guanidine groups is 1. The average Bonchev–Trinajstić information content (AvgIpc) is 3.46. The van der Waals surface area contributed by atoms with Gasteiger partial charge in [-0.2, -0.15) is 10.1 Å². The fraction of sp³-hybridized carbons (Fsp3) is 0.450. The predicted octanol–water partition coefficient (Wildman–Crippen LogP) is 3.51. The summed E-state index contributed by atoms with van der Waals surface area (Å²) in [5.41, 5.74) is 0.876. The molecule has 2 aromatic heterocycles. The number of benzene rings is 1. The van der Waals surface area contributed by atoms with Crippen molar-refractivity contribution < 1.29 is 4.52 Å². The molecule has 0 aliphatic carbocycles. The van der Waals surface area contributed by atoms with E-state index in [4.69, 9.17) is 21.1 Å². The molecule has 0 saturated carbocycles. The number of aliphatic imine (C=N–C) groups is 1. The van der Waals surface area contributed by atoms with Crippen molar-refractivity contribution in [3.8, 4) is 11.4 Å². The molecule has 1 aliphatic heterocycles. The van der Waals surface area contributed by atoms with E-state index in [0.717, 1.165) is 49.8 Å². The number of aromatic amines is 1. The van der Waals surface area contributed by atoms with E-state index >= 15 is 0 Å². The van der Waals surface area contributed by atoms with Crippen LogP contribution in [-0.4, -0.2) is 62.4 Å². The first-order valence-corrected chi connectivity index (χ1v) is 10.6. The summed E-state index contributed by atoms with van der Waals surface area (Å²) >= 11 is 5.93. The minimum absolute atomic E-state index is 0. The van der Waals surface area contributed by atoms with E-state index in [2.05, 4.69) is 42.5 Å². The summed E-state index contributed by atoms with van der Waals surface area (Å²) in [7, 11) is 0. The maximum absolute atomic E-state index is 5.93. The molecular weight excluding hydrogens is 531 g/mol. The summed E-state index contributed by atoms with van der Waals surface area (Å²) in [4.78, 5) is 15.8. The molecule has 1 aromatic carbocycles. The average molecular weight is 557 g/mol. The number of hydrogen-bond acceptors (Lipinski definition) is 6. The Morgan fingerprint density at radius 1 is 1.29 bits per heavy atom. The Kier molecular flexibility index (Phi) is 8.64. The summed E-state index contributed by atoms with van der Waals surface area (Å²) in [5, 5.41) is 15.1. The second kappa shape index (κ2) is 11.4. The van der Waals surface area contributed by atoms with Crippen LogP contribution in [0.15, 0.2) is 40.1 Å². The van der Waals surface area contributed by atoms with Gasteiger partial charge in [-0.25, -0.2) is 4.98 Å². The smallest absolute Gasteiger partial charge is 0.228 e. The Morgan fingerprint density at radius 2 is 2.06 bits per heavy atom. The van der Waals surface area contributed by atoms with Crippen molar-refractivity contribution in [3.05, 3.63) is 47.3 Å². The van der Waals surface area contributed by atoms with Crippen LogP contribution < -0.4 is 5.32 Å². The van der Waals surface area contributed by atoms with Gasteiger partial charge in [0.1, 0.15) is 12.2 Å². The molecule has 1 aliphatic rings. The Balaban J connectivity index is 0.00000272. The molecule has 9 nitrogen and oxygen atoms in total. The topological polar surface area (TPSA) is 108 Å². The van der Waals surface area contributed by atoms with Gasteiger partial charge in [-0.1, -0.05) is 16.8 Å². The molecule has 0 unspecified atom stereocenters. The summed E-state index contributed by atoms with van der Waals surface area (Å²) in [6, 6.07) is 7.37. The van der Waals surface area contributed by atoms with Crippen LogP contribution in [0.3, 0.4) is 0 Å². The third-order valence-corrected chi connectivity index (χ3v) is 5.36. The van der Waals surface area contributed by atoms with Gasteiger partial charge in [0.15, 0.2) is 5.96 Å². The van der Waals surface area contributed by atoms with Crippen LogP contribution in [0.4, 0.5) is 0 Å². The van der Waals surface area contributed by atoms with Gasteiger partial charge in [0.25, 0.3) is 0 Å². The summed E-state index contributed by atoms with van der Waals surface area (Å²) in [6.45, 7) is 5.33. The van der Waals surface area contributed by atoms with E-state index in [1.165, 1.54) is 0 Å². The lowest BCUT2D eigenvalue weighted by Gasteiger charge is -2.33. The molecule has 0 bridgehead atoms. The second-order valence-corrected chi connectivity index (χ2v) is 7.57. The van der Waals surface area contributed by atoms with Crippen molar-refractivity contribution in [2.24, 2.45) is 4.99 Å². The highest BCUT2D eigenvalue weighted by Gasteiger charge is 2.24. The van der Waals surface area contributed by atoms with Crippen LogP contribution in [0.1, 0.15) is 37.4 Å². The monoisotopic (exact) mass is 556 g/mol. The molecule has 3 heterocycles. The maximum atomic E-state index is 5.93. The number of nitrogens with zero attached hydrogens (tertiary/aromatic N) is 6. The number of nitrogens with one attached hydrogen (secondary N) is 2. The number of rotatable bonds is 6. The highest BCUT2D eigenvalue weighted by atomic mass is 127. The van der Waals surface area contributed by atoms with E-state index in [9.17, 15) is 0 Å². The minimum atomic E-state index is 0. The second-order valence-electron chi connectivity index (χ2n) is 7.14. The largest absolute Gasteiger partial charge is 0.357 e. The minimum Gasteiger partial charge on any atom is -0.357 e. The lowest BCUT2D eigenvalue weighted by molar-refractivity contribution is 0.298. The lowest BCUT2D eigenvalue weighted by Crippen LogP contribution is -2.45. The molecule has 1 fully saturated rings. The van der Waals surface area contributed by atoms with Crippen molar-refractivity contribution >= 4 is 41.5 Å². The summed E-state index contributed by atoms with van der Waals surface area (Å²) in [6.07, 6.45) is 4.20. The van der Waals surface area contributed by atoms with Crippen molar-refractivity contribution in [3.63, 3.8) is 0 Å². The van der Waals surface area contributed by atoms with Gasteiger partial charge in [-0.15, -0.1) is 24.0 Å². The number of hydrogen-bond donors (Lipinski definition) is 2. The molecule has 0 radical (unpaired) electrons. The zero-order valence-corrected chi connectivity index (χ0v) is 20.4. The van der Waals surface area contributed by atoms with Crippen LogP contribution in [-0.2, 0) is 6.42 Å². The predicted molar refractivity (Wildman–Crippen MR) is 130 cm³/mol. The number of piperidine rings is 1. The Hall–Kier alpha value is -2.21. The van der Waals surface area contributed by atoms with Gasteiger partial charge in [0, 0.05) is 42.6 Å². The highest BCUT2D eigenvalue weighted by Crippen LogP contribution is 2.25. The quantitative estimate of drug-likeness (QED) is 0.272. The van der Waals surface area contributed by atoms with E-state index < -0.39 is 0 Å². The van der Waals surface area contributed by atoms with Crippen LogP contribution in [0.25, 0.3) is 11.4 Å². The van der Waals surface area contributed by atoms with Gasteiger partial charge in [0.05, 0.1) is 6.54 Å². The van der Waals surface area contributed by atoms with Gasteiger partial charge in [0.2, 0.25) is 11.7 Å². The van der Waals surface area contributed by atoms with E-state index in [1.54, 1.807) is 6.33 Å². The first-order valence-electron chi connectivity index (χ1n) is 10.2. The first kappa shape index (κ1) is 23.5. The molecule has 1 saturated heterocycles. The third kappa shape index (κ3) is 6.16. The summed E-state index contributed by atoms with van der Waals surface area (Å²) < 4.78 is 5.38. The van der Waals surface area contributed by atoms with E-state index in [-0.39, 0.29) is 24.0 Å². The van der Waals surface area contributed by atoms with Crippen LogP contribution in [0.2, 0.25) is 5.02 Å². The Bertz CT molecular complexity index is 952. The molecule has 31 heavy (non-hydrogen) atoms. The van der Waals surface area contributed by atoms with E-state index in [1.807, 2.05) is 24.3 Å². The summed E-state index contributed by atoms with van der Waals surface area (Å²) in [5.74, 6) is 3.46. The first-order chi connectivity index (χ1) is 14.7. The van der Waals surface area contributed by atoms with Gasteiger partial charge >= 0.3 is 0 Å². The molecule has 0 atom stereocenters. The molecule has 4 rings (SSSR count). The number of aromatic nitrogens is 5. The van der Waals surface area contributed by atoms with E-state index in [0.29, 0.717) is 35.6 Å². The van der Waals surface area contributed by atoms with Gasteiger partial charge in [-0.3, -0.25) is 10.1 Å².